The first-order valence-corrected chi connectivity index (χ1v) is 9.89. The van der Waals surface area contributed by atoms with Crippen molar-refractivity contribution in [1.29, 1.82) is 0 Å². The second-order valence-electron chi connectivity index (χ2n) is 6.04. The maximum atomic E-state index is 12.6. The molecule has 3 rings (SSSR count). The largest absolute Gasteiger partial charge is 0.339 e. The first-order chi connectivity index (χ1) is 11.5. The number of hydrogen-bond acceptors (Lipinski definition) is 4. The van der Waals surface area contributed by atoms with E-state index in [9.17, 15) is 13.2 Å². The SMILES string of the molecule is CCN(C(=O)Cc1cnn(-c2ccccc2)c1)C1CCS(=O)(=O)C1. The molecular formula is C17H21N3O3S. The molecule has 0 aliphatic carbocycles. The minimum atomic E-state index is -3.00. The number of carbonyl (C=O) groups excluding carboxylic acids is 1. The highest BCUT2D eigenvalue weighted by molar-refractivity contribution is 7.91. The third-order valence-corrected chi connectivity index (χ3v) is 6.07. The summed E-state index contributed by atoms with van der Waals surface area (Å²) in [4.78, 5) is 14.3. The average molecular weight is 347 g/mol. The van der Waals surface area contributed by atoms with Gasteiger partial charge in [0, 0.05) is 18.8 Å². The van der Waals surface area contributed by atoms with E-state index < -0.39 is 9.84 Å². The Morgan fingerprint density at radius 1 is 1.33 bits per heavy atom. The lowest BCUT2D eigenvalue weighted by Gasteiger charge is -2.26. The molecule has 0 bridgehead atoms. The Balaban J connectivity index is 1.69. The zero-order valence-corrected chi connectivity index (χ0v) is 14.4. The Bertz CT molecular complexity index is 815. The molecule has 1 saturated heterocycles. The number of benzene rings is 1. The van der Waals surface area contributed by atoms with Crippen molar-refractivity contribution >= 4 is 15.7 Å². The van der Waals surface area contributed by atoms with Gasteiger partial charge in [0.25, 0.3) is 0 Å². The Labute approximate surface area is 142 Å². The molecule has 1 fully saturated rings. The number of nitrogens with zero attached hydrogens (tertiary/aromatic N) is 3. The first-order valence-electron chi connectivity index (χ1n) is 8.07. The molecule has 0 radical (unpaired) electrons. The van der Waals surface area contributed by atoms with Gasteiger partial charge >= 0.3 is 0 Å². The van der Waals surface area contributed by atoms with Gasteiger partial charge in [-0.05, 0) is 31.0 Å². The number of rotatable bonds is 5. The monoisotopic (exact) mass is 347 g/mol. The fourth-order valence-corrected chi connectivity index (χ4v) is 4.84. The second-order valence-corrected chi connectivity index (χ2v) is 8.27. The number of amides is 1. The van der Waals surface area contributed by atoms with E-state index in [1.807, 2.05) is 43.5 Å². The molecule has 0 saturated carbocycles. The van der Waals surface area contributed by atoms with Gasteiger partial charge in [0.2, 0.25) is 5.91 Å². The van der Waals surface area contributed by atoms with Gasteiger partial charge in [0.15, 0.2) is 9.84 Å². The van der Waals surface area contributed by atoms with Crippen LogP contribution in [-0.2, 0) is 21.1 Å². The Morgan fingerprint density at radius 3 is 2.71 bits per heavy atom. The molecule has 2 heterocycles. The zero-order valence-electron chi connectivity index (χ0n) is 13.6. The zero-order chi connectivity index (χ0) is 17.2. The molecule has 1 amide bonds. The van der Waals surface area contributed by atoms with Gasteiger partial charge in [0.1, 0.15) is 0 Å². The van der Waals surface area contributed by atoms with E-state index in [-0.39, 0.29) is 29.9 Å². The summed E-state index contributed by atoms with van der Waals surface area (Å²) < 4.78 is 25.0. The van der Waals surface area contributed by atoms with Gasteiger partial charge in [0.05, 0.1) is 29.8 Å². The van der Waals surface area contributed by atoms with Crippen LogP contribution in [-0.4, -0.2) is 53.1 Å². The lowest BCUT2D eigenvalue weighted by molar-refractivity contribution is -0.132. The molecule has 2 aromatic rings. The maximum Gasteiger partial charge on any atom is 0.227 e. The van der Waals surface area contributed by atoms with E-state index in [4.69, 9.17) is 0 Å². The normalized spacial score (nSPS) is 19.3. The van der Waals surface area contributed by atoms with Crippen LogP contribution in [0.2, 0.25) is 0 Å². The maximum absolute atomic E-state index is 12.6. The highest BCUT2D eigenvalue weighted by Gasteiger charge is 2.33. The van der Waals surface area contributed by atoms with E-state index in [0.717, 1.165) is 11.3 Å². The minimum absolute atomic E-state index is 0.0489. The molecule has 1 aliphatic heterocycles. The minimum Gasteiger partial charge on any atom is -0.339 e. The summed E-state index contributed by atoms with van der Waals surface area (Å²) in [6.45, 7) is 2.40. The van der Waals surface area contributed by atoms with Gasteiger partial charge in [-0.3, -0.25) is 4.79 Å². The van der Waals surface area contributed by atoms with Gasteiger partial charge < -0.3 is 4.90 Å². The third kappa shape index (κ3) is 3.67. The van der Waals surface area contributed by atoms with E-state index >= 15 is 0 Å². The molecule has 6 nitrogen and oxygen atoms in total. The number of sulfone groups is 1. The van der Waals surface area contributed by atoms with Crippen LogP contribution >= 0.6 is 0 Å². The number of carbonyl (C=O) groups is 1. The van der Waals surface area contributed by atoms with Crippen LogP contribution in [0.5, 0.6) is 0 Å². The summed E-state index contributed by atoms with van der Waals surface area (Å²) in [6.07, 6.45) is 4.29. The van der Waals surface area contributed by atoms with Crippen LogP contribution in [0.1, 0.15) is 18.9 Å². The summed E-state index contributed by atoms with van der Waals surface area (Å²) in [7, 11) is -3.00. The molecule has 7 heteroatoms. The second kappa shape index (κ2) is 6.76. The van der Waals surface area contributed by atoms with Crippen molar-refractivity contribution in [2.75, 3.05) is 18.1 Å². The molecule has 128 valence electrons. The Morgan fingerprint density at radius 2 is 2.08 bits per heavy atom. The Kier molecular flexibility index (Phi) is 4.71. The van der Waals surface area contributed by atoms with Crippen molar-refractivity contribution in [1.82, 2.24) is 14.7 Å². The van der Waals surface area contributed by atoms with Crippen molar-refractivity contribution in [3.8, 4) is 5.69 Å². The molecule has 24 heavy (non-hydrogen) atoms. The van der Waals surface area contributed by atoms with Gasteiger partial charge in [-0.25, -0.2) is 13.1 Å². The first kappa shape index (κ1) is 16.7. The van der Waals surface area contributed by atoms with E-state index in [0.29, 0.717) is 13.0 Å². The highest BCUT2D eigenvalue weighted by Crippen LogP contribution is 2.19. The molecule has 1 atom stereocenters. The van der Waals surface area contributed by atoms with Crippen LogP contribution < -0.4 is 0 Å². The van der Waals surface area contributed by atoms with E-state index in [2.05, 4.69) is 5.10 Å². The van der Waals surface area contributed by atoms with E-state index in [1.165, 1.54) is 0 Å². The fourth-order valence-electron chi connectivity index (χ4n) is 3.11. The smallest absolute Gasteiger partial charge is 0.227 e. The van der Waals surface area contributed by atoms with Crippen molar-refractivity contribution in [3.05, 3.63) is 48.3 Å². The van der Waals surface area contributed by atoms with Gasteiger partial charge in [-0.1, -0.05) is 18.2 Å². The summed E-state index contributed by atoms with van der Waals surface area (Å²) in [5.74, 6) is 0.204. The average Bonchev–Trinajstić information content (AvgIpc) is 3.16. The van der Waals surface area contributed by atoms with Crippen molar-refractivity contribution < 1.29 is 13.2 Å². The van der Waals surface area contributed by atoms with Crippen LogP contribution in [0.15, 0.2) is 42.7 Å². The van der Waals surface area contributed by atoms with Crippen LogP contribution in [0.3, 0.4) is 0 Å². The number of aromatic nitrogens is 2. The molecule has 1 unspecified atom stereocenters. The molecule has 0 spiro atoms. The topological polar surface area (TPSA) is 72.3 Å². The lowest BCUT2D eigenvalue weighted by Crippen LogP contribution is -2.41. The third-order valence-electron chi connectivity index (χ3n) is 4.32. The van der Waals surface area contributed by atoms with Crippen molar-refractivity contribution in [2.24, 2.45) is 0 Å². The molecular weight excluding hydrogens is 326 g/mol. The predicted molar refractivity (Wildman–Crippen MR) is 91.7 cm³/mol. The summed E-state index contributed by atoms with van der Waals surface area (Å²) >= 11 is 0. The quantitative estimate of drug-likeness (QED) is 0.821. The Hall–Kier alpha value is -2.15. The summed E-state index contributed by atoms with van der Waals surface area (Å²) in [5.41, 5.74) is 1.76. The molecule has 1 aliphatic rings. The van der Waals surface area contributed by atoms with Crippen molar-refractivity contribution in [3.63, 3.8) is 0 Å². The molecule has 0 N–H and O–H groups in total. The lowest BCUT2D eigenvalue weighted by atomic mass is 10.1. The fraction of sp³-hybridized carbons (Fsp3) is 0.412. The number of likely N-dealkylation sites (N-methyl/N-ethyl adjacent to an activating group) is 1. The van der Waals surface area contributed by atoms with Gasteiger partial charge in [-0.2, -0.15) is 5.10 Å². The predicted octanol–water partition coefficient (Wildman–Crippen LogP) is 1.45. The summed E-state index contributed by atoms with van der Waals surface area (Å²) in [5, 5.41) is 4.30. The van der Waals surface area contributed by atoms with Crippen LogP contribution in [0.4, 0.5) is 0 Å². The van der Waals surface area contributed by atoms with E-state index in [1.54, 1.807) is 15.8 Å². The highest BCUT2D eigenvalue weighted by atomic mass is 32.2. The van der Waals surface area contributed by atoms with Crippen LogP contribution in [0.25, 0.3) is 5.69 Å². The van der Waals surface area contributed by atoms with Gasteiger partial charge in [-0.15, -0.1) is 0 Å². The molecule has 1 aromatic heterocycles. The molecule has 1 aromatic carbocycles. The number of para-hydroxylation sites is 1. The van der Waals surface area contributed by atoms with Crippen LogP contribution in [0, 0.1) is 0 Å². The summed E-state index contributed by atoms with van der Waals surface area (Å²) in [6, 6.07) is 9.49. The standard InChI is InChI=1S/C17H21N3O3S/c1-2-19(16-8-9-24(22,23)13-16)17(21)10-14-11-18-20(12-14)15-6-4-3-5-7-15/h3-7,11-12,16H,2,8-10,13H2,1H3. The van der Waals surface area contributed by atoms with Crippen molar-refractivity contribution in [2.45, 2.75) is 25.8 Å². The number of hydrogen-bond donors (Lipinski definition) is 0.